The number of imidazole rings is 1. The maximum Gasteiger partial charge on any atom is 1.00 e. The van der Waals surface area contributed by atoms with Crippen LogP contribution in [0.5, 0.6) is 0 Å². The standard InChI is InChI=1S/C14H16N5O5P.2Na/c15-14-10-1-2-11-13(12(10)16-6-17-14)19(7-18-11)8-3-9(23-4-8)5-24-25(20,21)22;;/h1-2,6-9H,3-5H2,(H2,15,16,17)(H2,20,21,22);;/q;2*+1/p-2/t8-,9-;;/m0../s1. The molecule has 1 saturated heterocycles. The van der Waals surface area contributed by atoms with Crippen molar-refractivity contribution in [2.45, 2.75) is 18.6 Å². The van der Waals surface area contributed by atoms with E-state index in [2.05, 4.69) is 19.5 Å². The van der Waals surface area contributed by atoms with Gasteiger partial charge in [0.25, 0.3) is 0 Å². The normalized spacial score (nSPS) is 19.8. The molecule has 4 rings (SSSR count). The number of aromatic nitrogens is 4. The zero-order valence-corrected chi connectivity index (χ0v) is 19.8. The molecule has 3 heterocycles. The summed E-state index contributed by atoms with van der Waals surface area (Å²) in [5.41, 5.74) is 8.16. The van der Waals surface area contributed by atoms with Crippen LogP contribution in [0.15, 0.2) is 24.8 Å². The molecule has 2 N–H and O–H groups in total. The van der Waals surface area contributed by atoms with Gasteiger partial charge in [0.05, 0.1) is 50.5 Å². The van der Waals surface area contributed by atoms with Gasteiger partial charge in [-0.15, -0.1) is 0 Å². The SMILES string of the molecule is Nc1ncnc2c1ccc1ncn([C@@H]3CO[C@H](COP(=O)([O-])[O-])C3)c12.[Na+].[Na+]. The van der Waals surface area contributed by atoms with E-state index >= 15 is 0 Å². The van der Waals surface area contributed by atoms with E-state index < -0.39 is 13.9 Å². The van der Waals surface area contributed by atoms with Crippen molar-refractivity contribution < 1.29 is 82.7 Å². The summed E-state index contributed by atoms with van der Waals surface area (Å²) in [4.78, 5) is 33.9. The monoisotopic (exact) mass is 409 g/mol. The molecule has 1 aromatic carbocycles. The fourth-order valence-electron chi connectivity index (χ4n) is 3.11. The third-order valence-electron chi connectivity index (χ3n) is 4.24. The number of benzene rings is 1. The van der Waals surface area contributed by atoms with Crippen molar-refractivity contribution in [1.82, 2.24) is 19.5 Å². The molecule has 1 fully saturated rings. The van der Waals surface area contributed by atoms with Gasteiger partial charge in [0.1, 0.15) is 17.7 Å². The van der Waals surface area contributed by atoms with E-state index in [1.807, 2.05) is 16.7 Å². The van der Waals surface area contributed by atoms with Crippen LogP contribution in [0.1, 0.15) is 12.5 Å². The number of fused-ring (bicyclic) bond motifs is 3. The number of phosphoric acid groups is 1. The largest absolute Gasteiger partial charge is 1.00 e. The Morgan fingerprint density at radius 1 is 1.30 bits per heavy atom. The van der Waals surface area contributed by atoms with Gasteiger partial charge in [-0.3, -0.25) is 0 Å². The van der Waals surface area contributed by atoms with Gasteiger partial charge in [0, 0.05) is 5.39 Å². The Labute approximate surface area is 198 Å². The van der Waals surface area contributed by atoms with Crippen molar-refractivity contribution in [3.8, 4) is 0 Å². The van der Waals surface area contributed by atoms with Gasteiger partial charge in [-0.25, -0.2) is 15.0 Å². The molecule has 2 atom stereocenters. The Bertz CT molecular complexity index is 997. The number of nitrogens with zero attached hydrogens (tertiary/aromatic N) is 4. The molecule has 3 aromatic rings. The second-order valence-electron chi connectivity index (χ2n) is 5.83. The van der Waals surface area contributed by atoms with Gasteiger partial charge >= 0.3 is 59.1 Å². The van der Waals surface area contributed by atoms with E-state index in [-0.39, 0.29) is 71.8 Å². The smallest absolute Gasteiger partial charge is 0.790 e. The second-order valence-corrected chi connectivity index (χ2v) is 6.98. The number of hydrogen-bond acceptors (Lipinski definition) is 9. The van der Waals surface area contributed by atoms with Crippen LogP contribution in [-0.4, -0.2) is 38.8 Å². The number of anilines is 1. The van der Waals surface area contributed by atoms with Gasteiger partial charge in [-0.2, -0.15) is 0 Å². The van der Waals surface area contributed by atoms with E-state index in [1.54, 1.807) is 6.33 Å². The van der Waals surface area contributed by atoms with Crippen molar-refractivity contribution >= 4 is 35.6 Å². The Morgan fingerprint density at radius 2 is 2.07 bits per heavy atom. The van der Waals surface area contributed by atoms with Crippen molar-refractivity contribution in [1.29, 1.82) is 0 Å². The minimum atomic E-state index is -5.01. The van der Waals surface area contributed by atoms with Gasteiger partial charge in [0.15, 0.2) is 0 Å². The Balaban J connectivity index is 0.00000131. The Hall–Kier alpha value is -0.100. The zero-order valence-electron chi connectivity index (χ0n) is 14.9. The van der Waals surface area contributed by atoms with Crippen LogP contribution >= 0.6 is 7.82 Å². The number of rotatable bonds is 4. The summed E-state index contributed by atoms with van der Waals surface area (Å²) in [5, 5.41) is 0.731. The minimum absolute atomic E-state index is 0. The molecule has 2 aromatic heterocycles. The van der Waals surface area contributed by atoms with E-state index in [0.717, 1.165) is 16.4 Å². The van der Waals surface area contributed by atoms with Gasteiger partial charge in [-0.05, 0) is 18.6 Å². The first-order chi connectivity index (χ1) is 11.9. The molecule has 13 heteroatoms. The predicted molar refractivity (Wildman–Crippen MR) is 84.2 cm³/mol. The second kappa shape index (κ2) is 9.15. The molecule has 132 valence electrons. The van der Waals surface area contributed by atoms with E-state index in [4.69, 9.17) is 10.5 Å². The topological polar surface area (TPSA) is 151 Å². The predicted octanol–water partition coefficient (Wildman–Crippen LogP) is -6.25. The van der Waals surface area contributed by atoms with Crippen molar-refractivity contribution in [2.24, 2.45) is 0 Å². The molecule has 27 heavy (non-hydrogen) atoms. The summed E-state index contributed by atoms with van der Waals surface area (Å²) >= 11 is 0. The maximum absolute atomic E-state index is 10.6. The fourth-order valence-corrected chi connectivity index (χ4v) is 3.46. The summed E-state index contributed by atoms with van der Waals surface area (Å²) < 4.78 is 22.4. The van der Waals surface area contributed by atoms with Crippen LogP contribution in [0.2, 0.25) is 0 Å². The maximum atomic E-state index is 10.6. The zero-order chi connectivity index (χ0) is 17.6. The van der Waals surface area contributed by atoms with Crippen LogP contribution in [0.3, 0.4) is 0 Å². The summed E-state index contributed by atoms with van der Waals surface area (Å²) in [7, 11) is -5.01. The summed E-state index contributed by atoms with van der Waals surface area (Å²) in [6.45, 7) is 0.0573. The molecule has 0 radical (unpaired) electrons. The number of nitrogens with two attached hydrogens (primary N) is 1. The van der Waals surface area contributed by atoms with Gasteiger partial charge in [0.2, 0.25) is 0 Å². The molecule has 0 unspecified atom stereocenters. The minimum Gasteiger partial charge on any atom is -0.790 e. The molecule has 0 aliphatic carbocycles. The first kappa shape index (κ1) is 23.2. The van der Waals surface area contributed by atoms with Gasteiger partial charge in [-0.1, -0.05) is 0 Å². The average Bonchev–Trinajstić information content (AvgIpc) is 3.19. The van der Waals surface area contributed by atoms with Crippen molar-refractivity contribution in [2.75, 3.05) is 18.9 Å². The molecular formula is C14H14N5Na2O5P. The average molecular weight is 409 g/mol. The molecule has 0 amide bonds. The summed E-state index contributed by atoms with van der Waals surface area (Å²) in [5.74, 6) is 0.384. The first-order valence-electron chi connectivity index (χ1n) is 7.56. The van der Waals surface area contributed by atoms with Crippen LogP contribution in [0.25, 0.3) is 21.9 Å². The fraction of sp³-hybridized carbons (Fsp3) is 0.357. The number of phosphoric ester groups is 1. The third-order valence-corrected chi connectivity index (χ3v) is 4.71. The molecule has 0 bridgehead atoms. The molecule has 10 nitrogen and oxygen atoms in total. The van der Waals surface area contributed by atoms with Crippen LogP contribution in [0.4, 0.5) is 5.82 Å². The van der Waals surface area contributed by atoms with Crippen molar-refractivity contribution in [3.63, 3.8) is 0 Å². The first-order valence-corrected chi connectivity index (χ1v) is 9.02. The molecule has 0 saturated carbocycles. The molecule has 0 spiro atoms. The van der Waals surface area contributed by atoms with Crippen LogP contribution in [0, 0.1) is 0 Å². The Kier molecular flexibility index (Phi) is 7.85. The van der Waals surface area contributed by atoms with Crippen LogP contribution in [-0.2, 0) is 13.8 Å². The summed E-state index contributed by atoms with van der Waals surface area (Å²) in [6, 6.07) is 3.58. The number of hydrogen-bond donors (Lipinski definition) is 1. The molecular weight excluding hydrogens is 395 g/mol. The molecule has 1 aliphatic heterocycles. The number of ether oxygens (including phenoxy) is 1. The van der Waals surface area contributed by atoms with E-state index in [9.17, 15) is 14.4 Å². The van der Waals surface area contributed by atoms with Crippen molar-refractivity contribution in [3.05, 3.63) is 24.8 Å². The Morgan fingerprint density at radius 3 is 2.81 bits per heavy atom. The third kappa shape index (κ3) is 4.91. The van der Waals surface area contributed by atoms with Crippen LogP contribution < -0.4 is 74.6 Å². The van der Waals surface area contributed by atoms with E-state index in [1.165, 1.54) is 6.33 Å². The quantitative estimate of drug-likeness (QED) is 0.328. The van der Waals surface area contributed by atoms with Gasteiger partial charge < -0.3 is 33.9 Å². The van der Waals surface area contributed by atoms with E-state index in [0.29, 0.717) is 24.4 Å². The molecule has 1 aliphatic rings. The summed E-state index contributed by atoms with van der Waals surface area (Å²) in [6.07, 6.45) is 3.10. The number of nitrogen functional groups attached to an aromatic ring is 1.